The van der Waals surface area contributed by atoms with Crippen LogP contribution in [0.2, 0.25) is 5.02 Å². The van der Waals surface area contributed by atoms with Crippen LogP contribution in [0.3, 0.4) is 0 Å². The summed E-state index contributed by atoms with van der Waals surface area (Å²) < 4.78 is 0.916. The van der Waals surface area contributed by atoms with Crippen molar-refractivity contribution in [2.24, 2.45) is 5.73 Å². The Morgan fingerprint density at radius 3 is 2.59 bits per heavy atom. The van der Waals surface area contributed by atoms with E-state index in [0.717, 1.165) is 26.1 Å². The van der Waals surface area contributed by atoms with Gasteiger partial charge in [0, 0.05) is 37.8 Å². The zero-order chi connectivity index (χ0) is 20.5. The average Bonchev–Trinajstić information content (AvgIpc) is 3.33. The van der Waals surface area contributed by atoms with Gasteiger partial charge in [-0.3, -0.25) is 9.59 Å². The SMILES string of the molecule is NC(=O)c1cc2c(-c3ccc(C(=O)NCc4cccc(N)c4)s3)c(Cl)ccc2s1. The van der Waals surface area contributed by atoms with Crippen LogP contribution < -0.4 is 16.8 Å². The maximum absolute atomic E-state index is 12.6. The van der Waals surface area contributed by atoms with Crippen molar-refractivity contribution >= 4 is 61.9 Å². The third-order valence-electron chi connectivity index (χ3n) is 4.37. The van der Waals surface area contributed by atoms with Gasteiger partial charge in [0.05, 0.1) is 9.75 Å². The molecule has 0 aliphatic rings. The summed E-state index contributed by atoms with van der Waals surface area (Å²) in [6, 6.07) is 16.4. The Morgan fingerprint density at radius 2 is 1.83 bits per heavy atom. The van der Waals surface area contributed by atoms with Crippen LogP contribution in [-0.4, -0.2) is 11.8 Å². The lowest BCUT2D eigenvalue weighted by Crippen LogP contribution is -2.21. The van der Waals surface area contributed by atoms with E-state index >= 15 is 0 Å². The van der Waals surface area contributed by atoms with Gasteiger partial charge >= 0.3 is 0 Å². The summed E-state index contributed by atoms with van der Waals surface area (Å²) in [5.41, 5.74) is 13.6. The third kappa shape index (κ3) is 3.98. The maximum Gasteiger partial charge on any atom is 0.261 e. The number of fused-ring (bicyclic) bond motifs is 1. The lowest BCUT2D eigenvalue weighted by atomic mass is 10.1. The molecule has 0 bridgehead atoms. The predicted molar refractivity (Wildman–Crippen MR) is 121 cm³/mol. The Kier molecular flexibility index (Phi) is 5.27. The fourth-order valence-electron chi connectivity index (χ4n) is 3.02. The molecule has 2 amide bonds. The number of nitrogens with one attached hydrogen (secondary N) is 1. The number of rotatable bonds is 5. The lowest BCUT2D eigenvalue weighted by Gasteiger charge is -2.05. The molecule has 5 nitrogen and oxygen atoms in total. The zero-order valence-electron chi connectivity index (χ0n) is 15.1. The molecule has 0 aliphatic carbocycles. The molecular weight excluding hydrogens is 426 g/mol. The van der Waals surface area contributed by atoms with Gasteiger partial charge in [0.2, 0.25) is 0 Å². The number of hydrogen-bond donors (Lipinski definition) is 3. The number of nitrogens with two attached hydrogens (primary N) is 2. The summed E-state index contributed by atoms with van der Waals surface area (Å²) in [6.07, 6.45) is 0. The standard InChI is InChI=1S/C21H16ClN3O2S2/c22-14-4-5-15-13(9-18(28-15)20(24)26)19(14)16-6-7-17(29-16)21(27)25-10-11-2-1-3-12(23)8-11/h1-9H,10,23H2,(H2,24,26)(H,25,27). The van der Waals surface area contributed by atoms with E-state index in [9.17, 15) is 9.59 Å². The van der Waals surface area contributed by atoms with Crippen molar-refractivity contribution in [3.05, 3.63) is 74.9 Å². The summed E-state index contributed by atoms with van der Waals surface area (Å²) >= 11 is 9.13. The Morgan fingerprint density at radius 1 is 1.00 bits per heavy atom. The van der Waals surface area contributed by atoms with Crippen molar-refractivity contribution in [2.45, 2.75) is 6.54 Å². The molecule has 146 valence electrons. The highest BCUT2D eigenvalue weighted by Crippen LogP contribution is 2.41. The van der Waals surface area contributed by atoms with Gasteiger partial charge in [-0.25, -0.2) is 0 Å². The number of benzene rings is 2. The van der Waals surface area contributed by atoms with E-state index in [1.807, 2.05) is 30.3 Å². The van der Waals surface area contributed by atoms with Gasteiger partial charge in [0.25, 0.3) is 11.8 Å². The topological polar surface area (TPSA) is 98.2 Å². The Bertz CT molecular complexity index is 1250. The first kappa shape index (κ1) is 19.4. The molecule has 4 rings (SSSR count). The van der Waals surface area contributed by atoms with Gasteiger partial charge in [-0.05, 0) is 48.0 Å². The summed E-state index contributed by atoms with van der Waals surface area (Å²) in [5.74, 6) is -0.642. The van der Waals surface area contributed by atoms with Crippen LogP contribution in [0.1, 0.15) is 24.9 Å². The summed E-state index contributed by atoms with van der Waals surface area (Å²) in [5, 5.41) is 4.31. The number of thiophene rings is 2. The lowest BCUT2D eigenvalue weighted by molar-refractivity contribution is 0.0953. The van der Waals surface area contributed by atoms with Gasteiger partial charge in [0.15, 0.2) is 0 Å². The second-order valence-corrected chi connectivity index (χ2v) is 8.98. The maximum atomic E-state index is 12.6. The molecular formula is C21H16ClN3O2S2. The summed E-state index contributed by atoms with van der Waals surface area (Å²) in [6.45, 7) is 0.389. The molecule has 0 atom stereocenters. The Hall–Kier alpha value is -2.87. The predicted octanol–water partition coefficient (Wildman–Crippen LogP) is 4.89. The monoisotopic (exact) mass is 441 g/mol. The van der Waals surface area contributed by atoms with Gasteiger partial charge in [-0.15, -0.1) is 22.7 Å². The van der Waals surface area contributed by atoms with Crippen LogP contribution in [-0.2, 0) is 6.54 Å². The second-order valence-electron chi connectivity index (χ2n) is 6.40. The van der Waals surface area contributed by atoms with E-state index in [4.69, 9.17) is 23.1 Å². The molecule has 2 aromatic heterocycles. The molecule has 0 fully saturated rings. The van der Waals surface area contributed by atoms with E-state index in [2.05, 4.69) is 5.32 Å². The van der Waals surface area contributed by atoms with Crippen LogP contribution in [0.4, 0.5) is 5.69 Å². The van der Waals surface area contributed by atoms with Crippen molar-refractivity contribution < 1.29 is 9.59 Å². The highest BCUT2D eigenvalue weighted by atomic mass is 35.5. The molecule has 2 aromatic carbocycles. The number of halogens is 1. The van der Waals surface area contributed by atoms with E-state index in [1.165, 1.54) is 22.7 Å². The number of hydrogen-bond acceptors (Lipinski definition) is 5. The van der Waals surface area contributed by atoms with E-state index < -0.39 is 5.91 Å². The van der Waals surface area contributed by atoms with E-state index in [-0.39, 0.29) is 5.91 Å². The van der Waals surface area contributed by atoms with Crippen molar-refractivity contribution in [1.82, 2.24) is 5.32 Å². The number of carbonyl (C=O) groups excluding carboxylic acids is 2. The van der Waals surface area contributed by atoms with Gasteiger partial charge in [0.1, 0.15) is 0 Å². The van der Waals surface area contributed by atoms with Crippen molar-refractivity contribution in [3.63, 3.8) is 0 Å². The first-order valence-electron chi connectivity index (χ1n) is 8.67. The van der Waals surface area contributed by atoms with Crippen molar-refractivity contribution in [1.29, 1.82) is 0 Å². The minimum Gasteiger partial charge on any atom is -0.399 e. The molecule has 5 N–H and O–H groups in total. The molecule has 4 aromatic rings. The molecule has 0 saturated heterocycles. The fraction of sp³-hybridized carbons (Fsp3) is 0.0476. The Balaban J connectivity index is 1.61. The highest BCUT2D eigenvalue weighted by Gasteiger charge is 2.17. The summed E-state index contributed by atoms with van der Waals surface area (Å²) in [7, 11) is 0. The molecule has 0 saturated carbocycles. The number of nitrogen functional groups attached to an aromatic ring is 1. The first-order chi connectivity index (χ1) is 13.9. The van der Waals surface area contributed by atoms with Gasteiger partial charge in [-0.1, -0.05) is 23.7 Å². The fourth-order valence-corrected chi connectivity index (χ4v) is 5.26. The minimum atomic E-state index is -0.471. The largest absolute Gasteiger partial charge is 0.399 e. The molecule has 2 heterocycles. The highest BCUT2D eigenvalue weighted by molar-refractivity contribution is 7.21. The second kappa shape index (κ2) is 7.87. The van der Waals surface area contributed by atoms with Crippen LogP contribution in [0.25, 0.3) is 20.5 Å². The normalized spacial score (nSPS) is 10.9. The third-order valence-corrected chi connectivity index (χ3v) is 6.90. The smallest absolute Gasteiger partial charge is 0.261 e. The van der Waals surface area contributed by atoms with Crippen molar-refractivity contribution in [2.75, 3.05) is 5.73 Å². The molecule has 0 unspecified atom stereocenters. The van der Waals surface area contributed by atoms with Crippen LogP contribution >= 0.6 is 34.3 Å². The van der Waals surface area contributed by atoms with E-state index in [1.54, 1.807) is 24.3 Å². The number of amides is 2. The van der Waals surface area contributed by atoms with Crippen LogP contribution in [0, 0.1) is 0 Å². The molecule has 8 heteroatoms. The van der Waals surface area contributed by atoms with E-state index in [0.29, 0.717) is 27.0 Å². The van der Waals surface area contributed by atoms with Gasteiger partial charge < -0.3 is 16.8 Å². The van der Waals surface area contributed by atoms with Crippen LogP contribution in [0.15, 0.2) is 54.6 Å². The number of carbonyl (C=O) groups is 2. The average molecular weight is 442 g/mol. The molecule has 29 heavy (non-hydrogen) atoms. The van der Waals surface area contributed by atoms with Crippen LogP contribution in [0.5, 0.6) is 0 Å². The number of anilines is 1. The number of primary amides is 1. The molecule has 0 aliphatic heterocycles. The van der Waals surface area contributed by atoms with Gasteiger partial charge in [-0.2, -0.15) is 0 Å². The molecule has 0 radical (unpaired) electrons. The summed E-state index contributed by atoms with van der Waals surface area (Å²) in [4.78, 5) is 26.0. The zero-order valence-corrected chi connectivity index (χ0v) is 17.5. The first-order valence-corrected chi connectivity index (χ1v) is 10.7. The van der Waals surface area contributed by atoms with Crippen molar-refractivity contribution in [3.8, 4) is 10.4 Å². The Labute approximate surface area is 179 Å². The quantitative estimate of drug-likeness (QED) is 0.384. The molecule has 0 spiro atoms. The minimum absolute atomic E-state index is 0.171.